The Morgan fingerprint density at radius 2 is 2.10 bits per heavy atom. The first-order chi connectivity index (χ1) is 9.92. The van der Waals surface area contributed by atoms with Crippen molar-refractivity contribution in [2.24, 2.45) is 0 Å². The molecule has 0 atom stereocenters. The molecule has 0 aliphatic carbocycles. The molecule has 1 heterocycles. The highest BCUT2D eigenvalue weighted by atomic mass is 16.2. The van der Waals surface area contributed by atoms with Crippen molar-refractivity contribution in [1.29, 1.82) is 0 Å². The van der Waals surface area contributed by atoms with Crippen LogP contribution >= 0.6 is 0 Å². The monoisotopic (exact) mass is 290 g/mol. The normalized spacial score (nSPS) is 12.8. The highest BCUT2D eigenvalue weighted by molar-refractivity contribution is 6.01. The lowest BCUT2D eigenvalue weighted by molar-refractivity contribution is -0.127. The molecule has 0 unspecified atom stereocenters. The Hall–Kier alpha value is -2.24. The van der Waals surface area contributed by atoms with E-state index in [-0.39, 0.29) is 18.4 Å². The number of amides is 2. The van der Waals surface area contributed by atoms with E-state index in [1.165, 1.54) is 0 Å². The third-order valence-electron chi connectivity index (χ3n) is 3.54. The standard InChI is InChI=1S/C15H22N4O2/c1-4-5-19(9-15(21)18(2)3)13-8-12-10(6-11(13)16)7-14(20)17-12/h6,8H,4-5,7,9,16H2,1-3H3,(H,17,20). The second-order valence-corrected chi connectivity index (χ2v) is 5.50. The summed E-state index contributed by atoms with van der Waals surface area (Å²) in [5.74, 6) is 0.000318. The molecule has 0 fully saturated rings. The second-order valence-electron chi connectivity index (χ2n) is 5.50. The Morgan fingerprint density at radius 3 is 2.71 bits per heavy atom. The number of hydrogen-bond donors (Lipinski definition) is 2. The van der Waals surface area contributed by atoms with Crippen LogP contribution in [0.3, 0.4) is 0 Å². The Labute approximate surface area is 124 Å². The lowest BCUT2D eigenvalue weighted by Crippen LogP contribution is -2.37. The Balaban J connectivity index is 2.30. The number of carbonyl (C=O) groups is 2. The number of likely N-dealkylation sites (N-methyl/N-ethyl adjacent to an activating group) is 1. The zero-order valence-electron chi connectivity index (χ0n) is 12.8. The van der Waals surface area contributed by atoms with Gasteiger partial charge in [0, 0.05) is 26.3 Å². The van der Waals surface area contributed by atoms with Crippen molar-refractivity contribution < 1.29 is 9.59 Å². The number of fused-ring (bicyclic) bond motifs is 1. The molecule has 0 saturated heterocycles. The van der Waals surface area contributed by atoms with Gasteiger partial charge in [-0.2, -0.15) is 0 Å². The molecule has 3 N–H and O–H groups in total. The fourth-order valence-corrected chi connectivity index (χ4v) is 2.42. The van der Waals surface area contributed by atoms with Gasteiger partial charge >= 0.3 is 0 Å². The lowest BCUT2D eigenvalue weighted by atomic mass is 10.1. The average molecular weight is 290 g/mol. The summed E-state index contributed by atoms with van der Waals surface area (Å²) in [5.41, 5.74) is 9.23. The summed E-state index contributed by atoms with van der Waals surface area (Å²) in [5, 5.41) is 2.82. The molecule has 1 aromatic rings. The average Bonchev–Trinajstić information content (AvgIpc) is 2.76. The van der Waals surface area contributed by atoms with E-state index in [0.717, 1.165) is 29.9 Å². The minimum absolute atomic E-state index is 0.0204. The zero-order chi connectivity index (χ0) is 15.6. The number of nitrogens with zero attached hydrogens (tertiary/aromatic N) is 2. The fraction of sp³-hybridized carbons (Fsp3) is 0.467. The third kappa shape index (κ3) is 3.26. The van der Waals surface area contributed by atoms with Crippen molar-refractivity contribution in [1.82, 2.24) is 4.90 Å². The van der Waals surface area contributed by atoms with E-state index >= 15 is 0 Å². The number of rotatable bonds is 5. The van der Waals surface area contributed by atoms with Gasteiger partial charge in [0.15, 0.2) is 0 Å². The first kappa shape index (κ1) is 15.2. The van der Waals surface area contributed by atoms with E-state index in [1.807, 2.05) is 17.0 Å². The summed E-state index contributed by atoms with van der Waals surface area (Å²) < 4.78 is 0. The first-order valence-corrected chi connectivity index (χ1v) is 7.09. The number of nitrogen functional groups attached to an aromatic ring is 1. The predicted molar refractivity (Wildman–Crippen MR) is 84.4 cm³/mol. The van der Waals surface area contributed by atoms with Crippen molar-refractivity contribution >= 4 is 28.9 Å². The van der Waals surface area contributed by atoms with Gasteiger partial charge in [0.1, 0.15) is 0 Å². The molecule has 6 nitrogen and oxygen atoms in total. The van der Waals surface area contributed by atoms with E-state index in [2.05, 4.69) is 12.2 Å². The molecular weight excluding hydrogens is 268 g/mol. The largest absolute Gasteiger partial charge is 0.397 e. The quantitative estimate of drug-likeness (QED) is 0.795. The highest BCUT2D eigenvalue weighted by Crippen LogP contribution is 2.33. The second kappa shape index (κ2) is 6.03. The van der Waals surface area contributed by atoms with E-state index in [1.54, 1.807) is 19.0 Å². The van der Waals surface area contributed by atoms with Crippen LogP contribution in [0.2, 0.25) is 0 Å². The summed E-state index contributed by atoms with van der Waals surface area (Å²) in [4.78, 5) is 27.0. The smallest absolute Gasteiger partial charge is 0.241 e. The molecule has 2 amide bonds. The molecule has 1 aromatic carbocycles. The van der Waals surface area contributed by atoms with E-state index in [4.69, 9.17) is 5.73 Å². The van der Waals surface area contributed by atoms with Crippen LogP contribution in [0.1, 0.15) is 18.9 Å². The SMILES string of the molecule is CCCN(CC(=O)N(C)C)c1cc2c(cc1N)CC(=O)N2. The molecule has 0 aromatic heterocycles. The summed E-state index contributed by atoms with van der Waals surface area (Å²) in [7, 11) is 3.47. The van der Waals surface area contributed by atoms with Gasteiger partial charge in [-0.25, -0.2) is 0 Å². The van der Waals surface area contributed by atoms with Crippen molar-refractivity contribution in [2.45, 2.75) is 19.8 Å². The fourth-order valence-electron chi connectivity index (χ4n) is 2.42. The van der Waals surface area contributed by atoms with Crippen LogP contribution in [-0.4, -0.2) is 43.9 Å². The molecule has 1 aliphatic rings. The topological polar surface area (TPSA) is 78.7 Å². The summed E-state index contributed by atoms with van der Waals surface area (Å²) in [6.45, 7) is 3.06. The van der Waals surface area contributed by atoms with Crippen molar-refractivity contribution in [3.63, 3.8) is 0 Å². The van der Waals surface area contributed by atoms with Crippen LogP contribution in [0.25, 0.3) is 0 Å². The summed E-state index contributed by atoms with van der Waals surface area (Å²) in [6.07, 6.45) is 1.27. The zero-order valence-corrected chi connectivity index (χ0v) is 12.8. The Bertz CT molecular complexity index is 569. The van der Waals surface area contributed by atoms with Gasteiger partial charge in [0.25, 0.3) is 0 Å². The number of benzene rings is 1. The lowest BCUT2D eigenvalue weighted by Gasteiger charge is -2.27. The van der Waals surface area contributed by atoms with Crippen molar-refractivity contribution in [3.05, 3.63) is 17.7 Å². The van der Waals surface area contributed by atoms with Crippen molar-refractivity contribution in [2.75, 3.05) is 43.1 Å². The molecule has 1 aliphatic heterocycles. The first-order valence-electron chi connectivity index (χ1n) is 7.09. The van der Waals surface area contributed by atoms with Crippen LogP contribution < -0.4 is 16.0 Å². The molecule has 21 heavy (non-hydrogen) atoms. The van der Waals surface area contributed by atoms with Crippen LogP contribution in [0.5, 0.6) is 0 Å². The number of nitrogens with two attached hydrogens (primary N) is 1. The van der Waals surface area contributed by atoms with Crippen LogP contribution in [0, 0.1) is 0 Å². The maximum atomic E-state index is 12.0. The van der Waals surface area contributed by atoms with Gasteiger partial charge in [-0.1, -0.05) is 6.92 Å². The number of nitrogens with one attached hydrogen (secondary N) is 1. The van der Waals surface area contributed by atoms with Gasteiger partial charge in [-0.05, 0) is 24.1 Å². The minimum atomic E-state index is -0.0204. The van der Waals surface area contributed by atoms with Gasteiger partial charge in [-0.3, -0.25) is 9.59 Å². The molecule has 6 heteroatoms. The summed E-state index contributed by atoms with van der Waals surface area (Å²) in [6, 6.07) is 3.69. The van der Waals surface area contributed by atoms with E-state index in [0.29, 0.717) is 12.1 Å². The Kier molecular flexibility index (Phi) is 4.35. The molecule has 0 spiro atoms. The molecule has 114 valence electrons. The minimum Gasteiger partial charge on any atom is -0.397 e. The highest BCUT2D eigenvalue weighted by Gasteiger charge is 2.22. The van der Waals surface area contributed by atoms with Gasteiger partial charge < -0.3 is 20.9 Å². The maximum Gasteiger partial charge on any atom is 0.241 e. The maximum absolute atomic E-state index is 12.0. The van der Waals surface area contributed by atoms with Gasteiger partial charge in [-0.15, -0.1) is 0 Å². The summed E-state index contributed by atoms with van der Waals surface area (Å²) >= 11 is 0. The molecule has 0 saturated carbocycles. The Morgan fingerprint density at radius 1 is 1.38 bits per heavy atom. The third-order valence-corrected chi connectivity index (χ3v) is 3.54. The van der Waals surface area contributed by atoms with Crippen LogP contribution in [0.4, 0.5) is 17.1 Å². The van der Waals surface area contributed by atoms with Gasteiger partial charge in [0.2, 0.25) is 11.8 Å². The van der Waals surface area contributed by atoms with E-state index < -0.39 is 0 Å². The predicted octanol–water partition coefficient (Wildman–Crippen LogP) is 1.07. The number of hydrogen-bond acceptors (Lipinski definition) is 4. The molecule has 0 bridgehead atoms. The van der Waals surface area contributed by atoms with E-state index in [9.17, 15) is 9.59 Å². The van der Waals surface area contributed by atoms with Crippen LogP contribution in [-0.2, 0) is 16.0 Å². The molecule has 0 radical (unpaired) electrons. The van der Waals surface area contributed by atoms with Gasteiger partial charge in [0.05, 0.1) is 24.3 Å². The molecule has 2 rings (SSSR count). The number of anilines is 3. The van der Waals surface area contributed by atoms with Crippen molar-refractivity contribution in [3.8, 4) is 0 Å². The molecular formula is C15H22N4O2. The van der Waals surface area contributed by atoms with Crippen LogP contribution in [0.15, 0.2) is 12.1 Å². The number of carbonyl (C=O) groups excluding carboxylic acids is 2.